The van der Waals surface area contributed by atoms with Crippen molar-refractivity contribution in [2.45, 2.75) is 13.3 Å². The first kappa shape index (κ1) is 15.5. The minimum atomic E-state index is -0.358. The van der Waals surface area contributed by atoms with Crippen LogP contribution in [-0.4, -0.2) is 22.4 Å². The molecule has 0 radical (unpaired) electrons. The van der Waals surface area contributed by atoms with Crippen LogP contribution in [0, 0.1) is 0 Å². The maximum atomic E-state index is 12.0. The highest BCUT2D eigenvalue weighted by Gasteiger charge is 2.09. The fourth-order valence-electron chi connectivity index (χ4n) is 1.56. The molecule has 0 unspecified atom stereocenters. The maximum absolute atomic E-state index is 12.0. The van der Waals surface area contributed by atoms with Gasteiger partial charge in [0.25, 0.3) is 5.91 Å². The number of hydrogen-bond acceptors (Lipinski definition) is 4. The topological polar surface area (TPSA) is 66.9 Å². The molecule has 0 spiro atoms. The second-order valence-electron chi connectivity index (χ2n) is 4.30. The van der Waals surface area contributed by atoms with Gasteiger partial charge >= 0.3 is 0 Å². The van der Waals surface area contributed by atoms with Crippen LogP contribution in [0.15, 0.2) is 30.6 Å². The monoisotopic (exact) mass is 324 g/mol. The average Bonchev–Trinajstić information content (AvgIpc) is 2.49. The third kappa shape index (κ3) is 4.31. The normalized spacial score (nSPS) is 10.2. The Balaban J connectivity index is 2.04. The van der Waals surface area contributed by atoms with Crippen LogP contribution in [0.3, 0.4) is 0 Å². The highest BCUT2D eigenvalue weighted by Crippen LogP contribution is 2.25. The van der Waals surface area contributed by atoms with Gasteiger partial charge < -0.3 is 10.6 Å². The van der Waals surface area contributed by atoms with Crippen molar-refractivity contribution < 1.29 is 4.79 Å². The van der Waals surface area contributed by atoms with E-state index in [0.29, 0.717) is 21.6 Å². The Labute approximate surface area is 132 Å². The third-order valence-corrected chi connectivity index (χ3v) is 3.36. The predicted octanol–water partition coefficient (Wildman–Crippen LogP) is 3.86. The van der Waals surface area contributed by atoms with E-state index in [-0.39, 0.29) is 11.6 Å². The minimum absolute atomic E-state index is 0.225. The second kappa shape index (κ2) is 7.24. The van der Waals surface area contributed by atoms with Crippen LogP contribution in [0.4, 0.5) is 11.5 Å². The van der Waals surface area contributed by atoms with E-state index in [1.807, 2.05) is 0 Å². The lowest BCUT2D eigenvalue weighted by molar-refractivity contribution is 0.102. The lowest BCUT2D eigenvalue weighted by atomic mass is 10.3. The Kier molecular flexibility index (Phi) is 5.36. The SMILES string of the molecule is CCCNc1cnc(C(=O)Nc2ccc(Cl)c(Cl)c2)cn1. The standard InChI is InChI=1S/C14H14Cl2N4O/c1-2-5-17-13-8-18-12(7-19-13)14(21)20-9-3-4-10(15)11(16)6-9/h3-4,6-8H,2,5H2,1H3,(H,17,19)(H,20,21). The first-order valence-electron chi connectivity index (χ1n) is 6.42. The lowest BCUT2D eigenvalue weighted by Gasteiger charge is -2.07. The molecule has 0 aliphatic carbocycles. The van der Waals surface area contributed by atoms with Crippen LogP contribution in [0.5, 0.6) is 0 Å². The first-order valence-corrected chi connectivity index (χ1v) is 7.18. The molecule has 2 N–H and O–H groups in total. The molecule has 1 amide bonds. The van der Waals surface area contributed by atoms with Gasteiger partial charge in [0.05, 0.1) is 22.4 Å². The van der Waals surface area contributed by atoms with Gasteiger partial charge in [-0.15, -0.1) is 0 Å². The fourth-order valence-corrected chi connectivity index (χ4v) is 1.86. The molecule has 1 aromatic carbocycles. The number of hydrogen-bond donors (Lipinski definition) is 2. The van der Waals surface area contributed by atoms with Crippen LogP contribution in [-0.2, 0) is 0 Å². The Morgan fingerprint density at radius 2 is 2.00 bits per heavy atom. The molecule has 0 bridgehead atoms. The predicted molar refractivity (Wildman–Crippen MR) is 85.2 cm³/mol. The molecule has 0 saturated carbocycles. The molecule has 0 saturated heterocycles. The number of nitrogens with zero attached hydrogens (tertiary/aromatic N) is 2. The highest BCUT2D eigenvalue weighted by molar-refractivity contribution is 6.42. The largest absolute Gasteiger partial charge is 0.369 e. The number of amides is 1. The number of carbonyl (C=O) groups is 1. The zero-order valence-electron chi connectivity index (χ0n) is 11.4. The quantitative estimate of drug-likeness (QED) is 0.876. The summed E-state index contributed by atoms with van der Waals surface area (Å²) in [6.45, 7) is 2.86. The Hall–Kier alpha value is -1.85. The number of nitrogens with one attached hydrogen (secondary N) is 2. The second-order valence-corrected chi connectivity index (χ2v) is 5.11. The van der Waals surface area contributed by atoms with Gasteiger partial charge in [-0.2, -0.15) is 0 Å². The molecule has 0 aliphatic heterocycles. The molecule has 1 heterocycles. The van der Waals surface area contributed by atoms with Gasteiger partial charge in [-0.3, -0.25) is 4.79 Å². The summed E-state index contributed by atoms with van der Waals surface area (Å²) in [6.07, 6.45) is 3.94. The fraction of sp³-hybridized carbons (Fsp3) is 0.214. The van der Waals surface area contributed by atoms with Gasteiger partial charge in [0.2, 0.25) is 0 Å². The molecule has 1 aromatic heterocycles. The van der Waals surface area contributed by atoms with E-state index in [9.17, 15) is 4.79 Å². The smallest absolute Gasteiger partial charge is 0.275 e. The van der Waals surface area contributed by atoms with Crippen LogP contribution < -0.4 is 10.6 Å². The molecule has 110 valence electrons. The number of anilines is 2. The van der Waals surface area contributed by atoms with Crippen molar-refractivity contribution >= 4 is 40.6 Å². The first-order chi connectivity index (χ1) is 10.1. The molecular formula is C14H14Cl2N4O. The summed E-state index contributed by atoms with van der Waals surface area (Å²) in [5, 5.41) is 6.58. The van der Waals surface area contributed by atoms with E-state index in [1.54, 1.807) is 18.2 Å². The van der Waals surface area contributed by atoms with Gasteiger partial charge in [0.1, 0.15) is 11.5 Å². The molecule has 0 atom stereocenters. The summed E-state index contributed by atoms with van der Waals surface area (Å²) >= 11 is 11.7. The Morgan fingerprint density at radius 1 is 1.19 bits per heavy atom. The number of carbonyl (C=O) groups excluding carboxylic acids is 1. The van der Waals surface area contributed by atoms with Gasteiger partial charge in [0, 0.05) is 12.2 Å². The van der Waals surface area contributed by atoms with Crippen molar-refractivity contribution in [2.75, 3.05) is 17.2 Å². The summed E-state index contributed by atoms with van der Waals surface area (Å²) in [5.41, 5.74) is 0.771. The zero-order valence-corrected chi connectivity index (χ0v) is 12.9. The Morgan fingerprint density at radius 3 is 2.62 bits per heavy atom. The van der Waals surface area contributed by atoms with Crippen molar-refractivity contribution in [3.63, 3.8) is 0 Å². The minimum Gasteiger partial charge on any atom is -0.369 e. The summed E-state index contributed by atoms with van der Waals surface area (Å²) < 4.78 is 0. The van der Waals surface area contributed by atoms with Crippen LogP contribution in [0.2, 0.25) is 10.0 Å². The van der Waals surface area contributed by atoms with Gasteiger partial charge in [-0.05, 0) is 24.6 Å². The van der Waals surface area contributed by atoms with Crippen LogP contribution in [0.1, 0.15) is 23.8 Å². The summed E-state index contributed by atoms with van der Waals surface area (Å²) in [7, 11) is 0. The van der Waals surface area contributed by atoms with Crippen molar-refractivity contribution in [2.24, 2.45) is 0 Å². The average molecular weight is 325 g/mol. The number of rotatable bonds is 5. The zero-order chi connectivity index (χ0) is 15.2. The maximum Gasteiger partial charge on any atom is 0.275 e. The van der Waals surface area contributed by atoms with E-state index in [4.69, 9.17) is 23.2 Å². The van der Waals surface area contributed by atoms with Crippen LogP contribution >= 0.6 is 23.2 Å². The molecule has 0 aliphatic rings. The van der Waals surface area contributed by atoms with E-state index in [0.717, 1.165) is 13.0 Å². The Bertz CT molecular complexity index is 631. The van der Waals surface area contributed by atoms with E-state index in [1.165, 1.54) is 12.4 Å². The third-order valence-electron chi connectivity index (χ3n) is 2.62. The van der Waals surface area contributed by atoms with Crippen molar-refractivity contribution in [1.82, 2.24) is 9.97 Å². The number of halogens is 2. The summed E-state index contributed by atoms with van der Waals surface area (Å²) in [5.74, 6) is 0.283. The summed E-state index contributed by atoms with van der Waals surface area (Å²) in [6, 6.07) is 4.85. The van der Waals surface area contributed by atoms with E-state index >= 15 is 0 Å². The molecule has 21 heavy (non-hydrogen) atoms. The van der Waals surface area contributed by atoms with Gasteiger partial charge in [0.15, 0.2) is 0 Å². The molecular weight excluding hydrogens is 311 g/mol. The lowest BCUT2D eigenvalue weighted by Crippen LogP contribution is -2.14. The number of aromatic nitrogens is 2. The van der Waals surface area contributed by atoms with Crippen molar-refractivity contribution in [1.29, 1.82) is 0 Å². The number of benzene rings is 1. The van der Waals surface area contributed by atoms with Crippen molar-refractivity contribution in [3.8, 4) is 0 Å². The van der Waals surface area contributed by atoms with Crippen molar-refractivity contribution in [3.05, 3.63) is 46.3 Å². The molecule has 7 heteroatoms. The molecule has 5 nitrogen and oxygen atoms in total. The van der Waals surface area contributed by atoms with E-state index in [2.05, 4.69) is 27.5 Å². The van der Waals surface area contributed by atoms with E-state index < -0.39 is 0 Å². The highest BCUT2D eigenvalue weighted by atomic mass is 35.5. The van der Waals surface area contributed by atoms with Crippen LogP contribution in [0.25, 0.3) is 0 Å². The summed E-state index contributed by atoms with van der Waals surface area (Å²) in [4.78, 5) is 20.2. The molecule has 0 fully saturated rings. The molecule has 2 aromatic rings. The molecule has 2 rings (SSSR count). The van der Waals surface area contributed by atoms with Gasteiger partial charge in [-0.25, -0.2) is 9.97 Å². The van der Waals surface area contributed by atoms with Gasteiger partial charge in [-0.1, -0.05) is 30.1 Å².